The largest absolute Gasteiger partial charge is 0.452 e. The van der Waals surface area contributed by atoms with Crippen LogP contribution in [-0.2, 0) is 10.8 Å². The van der Waals surface area contributed by atoms with Crippen molar-refractivity contribution in [1.82, 2.24) is 19.9 Å². The number of hydrogen-bond donors (Lipinski definition) is 0. The molecule has 0 saturated heterocycles. The zero-order chi connectivity index (χ0) is 32.5. The lowest BCUT2D eigenvalue weighted by Crippen LogP contribution is -2.15. The molecule has 0 amide bonds. The molecule has 0 atom stereocenters. The maximum absolute atomic E-state index is 6.39. The van der Waals surface area contributed by atoms with E-state index in [-0.39, 0.29) is 10.8 Å². The van der Waals surface area contributed by atoms with Gasteiger partial charge in [0, 0.05) is 49.5 Å². The van der Waals surface area contributed by atoms with Gasteiger partial charge in [-0.25, -0.2) is 19.9 Å². The van der Waals surface area contributed by atoms with Crippen molar-refractivity contribution in [3.8, 4) is 33.8 Å². The van der Waals surface area contributed by atoms with Crippen LogP contribution in [0.15, 0.2) is 114 Å². The number of nitrogens with zero attached hydrogens (tertiary/aromatic N) is 4. The van der Waals surface area contributed by atoms with Crippen LogP contribution in [0.1, 0.15) is 52.9 Å². The van der Waals surface area contributed by atoms with E-state index < -0.39 is 0 Å². The van der Waals surface area contributed by atoms with Crippen LogP contribution < -0.4 is 0 Å². The summed E-state index contributed by atoms with van der Waals surface area (Å²) in [5, 5.41) is 3.16. The first-order valence-corrected chi connectivity index (χ1v) is 16.2. The Balaban J connectivity index is 1.32. The molecule has 8 aromatic rings. The fourth-order valence-corrected chi connectivity index (χ4v) is 6.22. The second kappa shape index (κ2) is 10.6. The van der Waals surface area contributed by atoms with Gasteiger partial charge in [-0.3, -0.25) is 0 Å². The summed E-state index contributed by atoms with van der Waals surface area (Å²) in [6.45, 7) is 13.2. The molecule has 0 unspecified atom stereocenters. The third-order valence-electron chi connectivity index (χ3n) is 8.90. The van der Waals surface area contributed by atoms with Gasteiger partial charge in [0.05, 0.1) is 11.0 Å². The third-order valence-corrected chi connectivity index (χ3v) is 8.90. The first-order valence-electron chi connectivity index (χ1n) is 16.2. The summed E-state index contributed by atoms with van der Waals surface area (Å²) in [6, 6.07) is 37.7. The molecule has 4 aromatic heterocycles. The first-order chi connectivity index (χ1) is 22.5. The number of hydrogen-bond acceptors (Lipinski definition) is 5. The van der Waals surface area contributed by atoms with Crippen LogP contribution in [-0.4, -0.2) is 19.9 Å². The normalized spacial score (nSPS) is 12.5. The van der Waals surface area contributed by atoms with Crippen LogP contribution in [0.5, 0.6) is 0 Å². The molecule has 8 rings (SSSR count). The van der Waals surface area contributed by atoms with E-state index in [2.05, 4.69) is 102 Å². The fraction of sp³-hybridized carbons (Fsp3) is 0.190. The van der Waals surface area contributed by atoms with E-state index in [0.29, 0.717) is 11.4 Å². The molecule has 0 radical (unpaired) electrons. The van der Waals surface area contributed by atoms with Crippen molar-refractivity contribution in [2.75, 3.05) is 0 Å². The highest BCUT2D eigenvalue weighted by Gasteiger charge is 2.23. The maximum Gasteiger partial charge on any atom is 0.180 e. The Bertz CT molecular complexity index is 2460. The third kappa shape index (κ3) is 5.03. The van der Waals surface area contributed by atoms with Gasteiger partial charge in [0.15, 0.2) is 11.4 Å². The highest BCUT2D eigenvalue weighted by atomic mass is 16.3. The molecule has 0 aliphatic heterocycles. The number of aromatic nitrogens is 4. The Morgan fingerprint density at radius 1 is 0.489 bits per heavy atom. The standard InChI is InChI=1S/C42H36N4O/c1-41(2,3)33-23-21-26-20-22-29-31(24-34(42(4,5)6)44-37(29)35(26)43-33)25-16-18-27(19-17-25)36-39-38(30-14-10-11-15-32(30)47-39)46-40(45-36)28-12-8-7-9-13-28/h7-24H,1-6H3. The fourth-order valence-electron chi connectivity index (χ4n) is 6.22. The van der Waals surface area contributed by atoms with Gasteiger partial charge < -0.3 is 4.42 Å². The molecule has 0 bridgehead atoms. The van der Waals surface area contributed by atoms with E-state index >= 15 is 0 Å². The van der Waals surface area contributed by atoms with E-state index in [9.17, 15) is 0 Å². The minimum Gasteiger partial charge on any atom is -0.452 e. The molecule has 0 aliphatic rings. The van der Waals surface area contributed by atoms with E-state index in [1.807, 2.05) is 48.5 Å². The monoisotopic (exact) mass is 612 g/mol. The Morgan fingerprint density at radius 2 is 1.15 bits per heavy atom. The van der Waals surface area contributed by atoms with Crippen LogP contribution in [0, 0.1) is 0 Å². The van der Waals surface area contributed by atoms with Crippen LogP contribution in [0.25, 0.3) is 77.6 Å². The van der Waals surface area contributed by atoms with E-state index in [1.165, 1.54) is 0 Å². The summed E-state index contributed by atoms with van der Waals surface area (Å²) in [7, 11) is 0. The summed E-state index contributed by atoms with van der Waals surface area (Å²) in [5.41, 5.74) is 11.0. The highest BCUT2D eigenvalue weighted by molar-refractivity contribution is 6.09. The van der Waals surface area contributed by atoms with Crippen LogP contribution in [0.2, 0.25) is 0 Å². The number of pyridine rings is 2. The molecule has 0 aliphatic carbocycles. The molecular formula is C42H36N4O. The van der Waals surface area contributed by atoms with Gasteiger partial charge in [0.2, 0.25) is 0 Å². The average molecular weight is 613 g/mol. The average Bonchev–Trinajstić information content (AvgIpc) is 3.45. The topological polar surface area (TPSA) is 64.7 Å². The number of furan rings is 1. The molecule has 0 fully saturated rings. The van der Waals surface area contributed by atoms with Gasteiger partial charge in [0.1, 0.15) is 16.8 Å². The lowest BCUT2D eigenvalue weighted by molar-refractivity contribution is 0.570. The molecule has 0 saturated carbocycles. The van der Waals surface area contributed by atoms with Crippen molar-refractivity contribution >= 4 is 43.9 Å². The van der Waals surface area contributed by atoms with Gasteiger partial charge in [-0.05, 0) is 35.4 Å². The first kappa shape index (κ1) is 29.0. The zero-order valence-corrected chi connectivity index (χ0v) is 27.6. The summed E-state index contributed by atoms with van der Waals surface area (Å²) >= 11 is 0. The molecular weight excluding hydrogens is 576 g/mol. The smallest absolute Gasteiger partial charge is 0.180 e. The molecule has 4 heterocycles. The summed E-state index contributed by atoms with van der Waals surface area (Å²) in [5.74, 6) is 0.674. The lowest BCUT2D eigenvalue weighted by Gasteiger charge is -2.22. The van der Waals surface area contributed by atoms with Gasteiger partial charge in [-0.1, -0.05) is 126 Å². The second-order valence-corrected chi connectivity index (χ2v) is 14.4. The van der Waals surface area contributed by atoms with Gasteiger partial charge in [-0.2, -0.15) is 0 Å². The van der Waals surface area contributed by atoms with Gasteiger partial charge in [-0.15, -0.1) is 0 Å². The number of benzene rings is 4. The highest BCUT2D eigenvalue weighted by Crippen LogP contribution is 2.39. The van der Waals surface area contributed by atoms with E-state index in [0.717, 1.165) is 77.6 Å². The van der Waals surface area contributed by atoms with Crippen molar-refractivity contribution in [3.05, 3.63) is 121 Å². The van der Waals surface area contributed by atoms with Crippen LogP contribution >= 0.6 is 0 Å². The van der Waals surface area contributed by atoms with Gasteiger partial charge in [0.25, 0.3) is 0 Å². The number of para-hydroxylation sites is 1. The lowest BCUT2D eigenvalue weighted by atomic mass is 9.87. The summed E-state index contributed by atoms with van der Waals surface area (Å²) in [4.78, 5) is 20.5. The predicted molar refractivity (Wildman–Crippen MR) is 194 cm³/mol. The zero-order valence-electron chi connectivity index (χ0n) is 27.6. The molecule has 4 aromatic carbocycles. The van der Waals surface area contributed by atoms with Gasteiger partial charge >= 0.3 is 0 Å². The molecule has 230 valence electrons. The number of fused-ring (bicyclic) bond motifs is 6. The maximum atomic E-state index is 6.39. The van der Waals surface area contributed by atoms with E-state index in [4.69, 9.17) is 24.4 Å². The summed E-state index contributed by atoms with van der Waals surface area (Å²) < 4.78 is 6.39. The van der Waals surface area contributed by atoms with Crippen molar-refractivity contribution < 1.29 is 4.42 Å². The van der Waals surface area contributed by atoms with Crippen LogP contribution in [0.3, 0.4) is 0 Å². The SMILES string of the molecule is CC(C)(C)c1ccc2ccc3c(-c4ccc(-c5nc(-c6ccccc6)nc6c5oc5ccccc56)cc4)cc(C(C)(C)C)nc3c2n1. The van der Waals surface area contributed by atoms with Crippen molar-refractivity contribution in [3.63, 3.8) is 0 Å². The predicted octanol–water partition coefficient (Wildman–Crippen LogP) is 11.1. The Morgan fingerprint density at radius 3 is 1.89 bits per heavy atom. The van der Waals surface area contributed by atoms with Crippen molar-refractivity contribution in [2.24, 2.45) is 0 Å². The van der Waals surface area contributed by atoms with E-state index in [1.54, 1.807) is 0 Å². The van der Waals surface area contributed by atoms with Crippen LogP contribution in [0.4, 0.5) is 0 Å². The minimum atomic E-state index is -0.144. The minimum absolute atomic E-state index is 0.0662. The Labute approximate surface area is 274 Å². The molecule has 0 spiro atoms. The summed E-state index contributed by atoms with van der Waals surface area (Å²) in [6.07, 6.45) is 0. The molecule has 5 heteroatoms. The Hall–Kier alpha value is -5.42. The Kier molecular flexibility index (Phi) is 6.52. The van der Waals surface area contributed by atoms with Crippen molar-refractivity contribution in [2.45, 2.75) is 52.4 Å². The quantitative estimate of drug-likeness (QED) is 0.186. The van der Waals surface area contributed by atoms with Crippen molar-refractivity contribution in [1.29, 1.82) is 0 Å². The molecule has 47 heavy (non-hydrogen) atoms. The molecule has 0 N–H and O–H groups in total. The molecule has 5 nitrogen and oxygen atoms in total. The second-order valence-electron chi connectivity index (χ2n) is 14.4. The number of rotatable bonds is 3.